The molecule has 0 bridgehead atoms. The fourth-order valence-electron chi connectivity index (χ4n) is 1.85. The number of benzene rings is 1. The summed E-state index contributed by atoms with van der Waals surface area (Å²) < 4.78 is 14.4. The third-order valence-corrected chi connectivity index (χ3v) is 3.13. The van der Waals surface area contributed by atoms with Crippen molar-refractivity contribution < 1.29 is 4.39 Å². The highest BCUT2D eigenvalue weighted by molar-refractivity contribution is 5.69. The minimum Gasteiger partial charge on any atom is -0.328 e. The van der Waals surface area contributed by atoms with E-state index in [4.69, 9.17) is 5.73 Å². The molecular formula is C16H17FN2O. The van der Waals surface area contributed by atoms with Crippen molar-refractivity contribution in [3.8, 4) is 0 Å². The Morgan fingerprint density at radius 1 is 1.20 bits per heavy atom. The minimum atomic E-state index is -0.263. The van der Waals surface area contributed by atoms with Crippen LogP contribution in [0.5, 0.6) is 0 Å². The van der Waals surface area contributed by atoms with Crippen molar-refractivity contribution in [3.63, 3.8) is 0 Å². The number of hydrogen-bond acceptors (Lipinski definition) is 2. The van der Waals surface area contributed by atoms with E-state index in [1.54, 1.807) is 29.0 Å². The molecule has 2 rings (SSSR count). The Morgan fingerprint density at radius 3 is 2.45 bits per heavy atom. The Hall–Kier alpha value is -2.20. The van der Waals surface area contributed by atoms with Crippen LogP contribution in [-0.2, 0) is 0 Å². The lowest BCUT2D eigenvalue weighted by Gasteiger charge is -2.12. The zero-order valence-electron chi connectivity index (χ0n) is 11.3. The molecule has 4 heteroatoms. The summed E-state index contributed by atoms with van der Waals surface area (Å²) in [5, 5.41) is 0. The molecule has 0 aliphatic heterocycles. The van der Waals surface area contributed by atoms with Crippen LogP contribution in [0.25, 0.3) is 12.2 Å². The molecular weight excluding hydrogens is 255 g/mol. The van der Waals surface area contributed by atoms with Gasteiger partial charge >= 0.3 is 0 Å². The number of pyridine rings is 1. The maximum absolute atomic E-state index is 12.8. The molecule has 0 amide bonds. The molecule has 2 aromatic rings. The average molecular weight is 272 g/mol. The second-order valence-corrected chi connectivity index (χ2v) is 4.68. The quantitative estimate of drug-likeness (QED) is 0.930. The van der Waals surface area contributed by atoms with Gasteiger partial charge in [0, 0.05) is 24.8 Å². The number of rotatable bonds is 4. The van der Waals surface area contributed by atoms with Crippen LogP contribution >= 0.6 is 0 Å². The van der Waals surface area contributed by atoms with E-state index in [9.17, 15) is 9.18 Å². The molecule has 0 aliphatic carbocycles. The van der Waals surface area contributed by atoms with Crippen LogP contribution in [0, 0.1) is 5.82 Å². The lowest BCUT2D eigenvalue weighted by molar-refractivity contribution is 0.540. The molecule has 0 saturated carbocycles. The first kappa shape index (κ1) is 14.2. The van der Waals surface area contributed by atoms with Crippen molar-refractivity contribution in [3.05, 3.63) is 69.9 Å². The summed E-state index contributed by atoms with van der Waals surface area (Å²) in [6, 6.07) is 9.58. The van der Waals surface area contributed by atoms with Gasteiger partial charge in [-0.1, -0.05) is 24.3 Å². The van der Waals surface area contributed by atoms with Crippen LogP contribution < -0.4 is 11.3 Å². The van der Waals surface area contributed by atoms with Gasteiger partial charge in [0.25, 0.3) is 5.56 Å². The van der Waals surface area contributed by atoms with E-state index in [1.165, 1.54) is 12.1 Å². The number of hydrogen-bond donors (Lipinski definition) is 1. The molecule has 104 valence electrons. The summed E-state index contributed by atoms with van der Waals surface area (Å²) in [6.07, 6.45) is 5.40. The third-order valence-electron chi connectivity index (χ3n) is 3.13. The summed E-state index contributed by atoms with van der Waals surface area (Å²) in [6.45, 7) is 2.32. The highest BCUT2D eigenvalue weighted by atomic mass is 19.1. The van der Waals surface area contributed by atoms with Crippen LogP contribution in [0.3, 0.4) is 0 Å². The molecule has 0 radical (unpaired) electrons. The lowest BCUT2D eigenvalue weighted by atomic mass is 10.1. The predicted molar refractivity (Wildman–Crippen MR) is 79.8 cm³/mol. The molecule has 2 N–H and O–H groups in total. The van der Waals surface area contributed by atoms with Gasteiger partial charge < -0.3 is 10.3 Å². The van der Waals surface area contributed by atoms with Gasteiger partial charge in [0.1, 0.15) is 5.82 Å². The molecule has 0 aliphatic rings. The second kappa shape index (κ2) is 6.30. The van der Waals surface area contributed by atoms with Gasteiger partial charge in [0.15, 0.2) is 0 Å². The van der Waals surface area contributed by atoms with Gasteiger partial charge in [0.05, 0.1) is 0 Å². The average Bonchev–Trinajstić information content (AvgIpc) is 2.46. The van der Waals surface area contributed by atoms with Gasteiger partial charge in [0.2, 0.25) is 0 Å². The van der Waals surface area contributed by atoms with Crippen molar-refractivity contribution in [1.82, 2.24) is 4.57 Å². The predicted octanol–water partition coefficient (Wildman–Crippen LogP) is 2.68. The number of aromatic nitrogens is 1. The topological polar surface area (TPSA) is 48.0 Å². The van der Waals surface area contributed by atoms with E-state index < -0.39 is 0 Å². The highest BCUT2D eigenvalue weighted by Crippen LogP contribution is 2.09. The van der Waals surface area contributed by atoms with Crippen molar-refractivity contribution in [1.29, 1.82) is 0 Å². The van der Waals surface area contributed by atoms with Crippen molar-refractivity contribution in [2.45, 2.75) is 13.0 Å². The molecule has 1 heterocycles. The summed E-state index contributed by atoms with van der Waals surface area (Å²) in [4.78, 5) is 11.9. The molecule has 1 aromatic carbocycles. The zero-order valence-corrected chi connectivity index (χ0v) is 11.3. The minimum absolute atomic E-state index is 0.0161. The molecule has 0 fully saturated rings. The summed E-state index contributed by atoms with van der Waals surface area (Å²) in [7, 11) is 0. The Kier molecular flexibility index (Phi) is 4.48. The molecule has 1 atom stereocenters. The maximum atomic E-state index is 12.8. The monoisotopic (exact) mass is 272 g/mol. The van der Waals surface area contributed by atoms with Crippen LogP contribution in [-0.4, -0.2) is 11.1 Å². The number of nitrogens with zero attached hydrogens (tertiary/aromatic N) is 1. The first-order chi connectivity index (χ1) is 9.60. The molecule has 3 nitrogen and oxygen atoms in total. The summed E-state index contributed by atoms with van der Waals surface area (Å²) in [5.74, 6) is -0.263. The van der Waals surface area contributed by atoms with Crippen LogP contribution in [0.1, 0.15) is 24.1 Å². The number of halogens is 1. The Morgan fingerprint density at radius 2 is 1.85 bits per heavy atom. The van der Waals surface area contributed by atoms with E-state index in [0.29, 0.717) is 6.54 Å². The summed E-state index contributed by atoms with van der Waals surface area (Å²) in [5.41, 5.74) is 7.16. The van der Waals surface area contributed by atoms with E-state index in [2.05, 4.69) is 0 Å². The molecule has 1 aromatic heterocycles. The molecule has 0 spiro atoms. The molecule has 20 heavy (non-hydrogen) atoms. The third kappa shape index (κ3) is 3.42. The van der Waals surface area contributed by atoms with Gasteiger partial charge in [-0.3, -0.25) is 4.79 Å². The van der Waals surface area contributed by atoms with Crippen LogP contribution in [0.15, 0.2) is 47.4 Å². The maximum Gasteiger partial charge on any atom is 0.251 e. The summed E-state index contributed by atoms with van der Waals surface area (Å²) >= 11 is 0. The van der Waals surface area contributed by atoms with Gasteiger partial charge in [-0.15, -0.1) is 0 Å². The standard InChI is InChI=1S/C16H17FN2O/c1-12(11-18)19-9-8-14(10-16(19)20)3-2-13-4-6-15(17)7-5-13/h2-10,12H,11,18H2,1H3/b3-2+. The van der Waals surface area contributed by atoms with Crippen LogP contribution in [0.2, 0.25) is 0 Å². The Balaban J connectivity index is 2.20. The Labute approximate surface area is 117 Å². The fourth-order valence-corrected chi connectivity index (χ4v) is 1.85. The fraction of sp³-hybridized carbons (Fsp3) is 0.188. The zero-order chi connectivity index (χ0) is 14.5. The van der Waals surface area contributed by atoms with E-state index >= 15 is 0 Å². The van der Waals surface area contributed by atoms with E-state index in [-0.39, 0.29) is 17.4 Å². The lowest BCUT2D eigenvalue weighted by Crippen LogP contribution is -2.26. The van der Waals surface area contributed by atoms with Gasteiger partial charge in [-0.2, -0.15) is 0 Å². The van der Waals surface area contributed by atoms with Gasteiger partial charge in [-0.25, -0.2) is 4.39 Å². The SMILES string of the molecule is CC(CN)n1ccc(/C=C/c2ccc(F)cc2)cc1=O. The van der Waals surface area contributed by atoms with Crippen LogP contribution in [0.4, 0.5) is 4.39 Å². The Bertz CT molecular complexity index is 659. The largest absolute Gasteiger partial charge is 0.328 e. The smallest absolute Gasteiger partial charge is 0.251 e. The highest BCUT2D eigenvalue weighted by Gasteiger charge is 2.03. The first-order valence-corrected chi connectivity index (χ1v) is 6.46. The van der Waals surface area contributed by atoms with E-state index in [0.717, 1.165) is 11.1 Å². The normalized spacial score (nSPS) is 12.8. The molecule has 0 saturated heterocycles. The van der Waals surface area contributed by atoms with E-state index in [1.807, 2.05) is 25.1 Å². The first-order valence-electron chi connectivity index (χ1n) is 6.46. The van der Waals surface area contributed by atoms with Crippen molar-refractivity contribution in [2.75, 3.05) is 6.54 Å². The van der Waals surface area contributed by atoms with Gasteiger partial charge in [-0.05, 0) is 36.2 Å². The number of nitrogens with two attached hydrogens (primary N) is 1. The van der Waals surface area contributed by atoms with Crippen molar-refractivity contribution >= 4 is 12.2 Å². The second-order valence-electron chi connectivity index (χ2n) is 4.68. The van der Waals surface area contributed by atoms with Crippen molar-refractivity contribution in [2.24, 2.45) is 5.73 Å². The molecule has 1 unspecified atom stereocenters.